The molecule has 82 valence electrons. The Hall–Kier alpha value is -1.76. The molecule has 0 N–H and O–H groups in total. The van der Waals surface area contributed by atoms with Crippen LogP contribution in [0.2, 0.25) is 0 Å². The van der Waals surface area contributed by atoms with E-state index in [1.807, 2.05) is 6.07 Å². The van der Waals surface area contributed by atoms with Crippen LogP contribution < -0.4 is 4.74 Å². The Bertz CT molecular complexity index is 483. The van der Waals surface area contributed by atoms with Gasteiger partial charge >= 0.3 is 0 Å². The molecule has 16 heavy (non-hydrogen) atoms. The zero-order valence-electron chi connectivity index (χ0n) is 9.95. The standard InChI is InChI=1S/C15H16O/c1-11-4-6-13(7-5-11)14-8-9-15(16-3)12(2)10-14/h4-10H,1-3H3. The molecular weight excluding hydrogens is 196 g/mol. The van der Waals surface area contributed by atoms with Crippen LogP contribution in [0, 0.1) is 13.8 Å². The average molecular weight is 212 g/mol. The van der Waals surface area contributed by atoms with E-state index in [0.717, 1.165) is 5.75 Å². The van der Waals surface area contributed by atoms with E-state index in [2.05, 4.69) is 50.2 Å². The second-order valence-electron chi connectivity index (χ2n) is 4.05. The Morgan fingerprint density at radius 3 is 2.00 bits per heavy atom. The zero-order valence-corrected chi connectivity index (χ0v) is 9.95. The van der Waals surface area contributed by atoms with E-state index < -0.39 is 0 Å². The summed E-state index contributed by atoms with van der Waals surface area (Å²) in [6, 6.07) is 14.8. The van der Waals surface area contributed by atoms with Gasteiger partial charge in [0, 0.05) is 0 Å². The Kier molecular flexibility index (Phi) is 2.95. The number of aryl methyl sites for hydroxylation is 2. The molecule has 0 spiro atoms. The van der Waals surface area contributed by atoms with Crippen LogP contribution in [-0.2, 0) is 0 Å². The van der Waals surface area contributed by atoms with Gasteiger partial charge in [-0.15, -0.1) is 0 Å². The topological polar surface area (TPSA) is 9.23 Å². The molecule has 0 aliphatic heterocycles. The highest BCUT2D eigenvalue weighted by molar-refractivity contribution is 5.65. The van der Waals surface area contributed by atoms with Gasteiger partial charge in [-0.2, -0.15) is 0 Å². The van der Waals surface area contributed by atoms with E-state index in [4.69, 9.17) is 4.74 Å². The van der Waals surface area contributed by atoms with E-state index in [9.17, 15) is 0 Å². The summed E-state index contributed by atoms with van der Waals surface area (Å²) in [5.41, 5.74) is 4.93. The van der Waals surface area contributed by atoms with Gasteiger partial charge in [0.25, 0.3) is 0 Å². The SMILES string of the molecule is COc1ccc(-c2ccc(C)cc2)cc1C. The van der Waals surface area contributed by atoms with E-state index in [-0.39, 0.29) is 0 Å². The van der Waals surface area contributed by atoms with Gasteiger partial charge in [0.1, 0.15) is 5.75 Å². The monoisotopic (exact) mass is 212 g/mol. The summed E-state index contributed by atoms with van der Waals surface area (Å²) >= 11 is 0. The van der Waals surface area contributed by atoms with Gasteiger partial charge in [-0.05, 0) is 42.7 Å². The predicted octanol–water partition coefficient (Wildman–Crippen LogP) is 3.98. The lowest BCUT2D eigenvalue weighted by Crippen LogP contribution is -1.87. The first-order valence-corrected chi connectivity index (χ1v) is 5.42. The Morgan fingerprint density at radius 2 is 1.44 bits per heavy atom. The molecule has 1 nitrogen and oxygen atoms in total. The van der Waals surface area contributed by atoms with Crippen LogP contribution in [0.3, 0.4) is 0 Å². The average Bonchev–Trinajstić information content (AvgIpc) is 2.30. The Labute approximate surface area is 96.7 Å². The largest absolute Gasteiger partial charge is 0.496 e. The minimum Gasteiger partial charge on any atom is -0.496 e. The fourth-order valence-electron chi connectivity index (χ4n) is 1.80. The number of ether oxygens (including phenoxy) is 1. The predicted molar refractivity (Wildman–Crippen MR) is 67.9 cm³/mol. The first-order chi connectivity index (χ1) is 7.70. The maximum absolute atomic E-state index is 5.25. The third-order valence-electron chi connectivity index (χ3n) is 2.78. The summed E-state index contributed by atoms with van der Waals surface area (Å²) in [5, 5.41) is 0. The fraction of sp³-hybridized carbons (Fsp3) is 0.200. The minimum atomic E-state index is 0.941. The second kappa shape index (κ2) is 4.40. The number of hydrogen-bond donors (Lipinski definition) is 0. The molecule has 0 saturated carbocycles. The Morgan fingerprint density at radius 1 is 0.812 bits per heavy atom. The van der Waals surface area contributed by atoms with E-state index in [1.165, 1.54) is 22.3 Å². The van der Waals surface area contributed by atoms with Gasteiger partial charge in [-0.25, -0.2) is 0 Å². The van der Waals surface area contributed by atoms with Crippen molar-refractivity contribution >= 4 is 0 Å². The van der Waals surface area contributed by atoms with Gasteiger partial charge in [0.2, 0.25) is 0 Å². The van der Waals surface area contributed by atoms with Crippen molar-refractivity contribution in [2.24, 2.45) is 0 Å². The number of hydrogen-bond acceptors (Lipinski definition) is 1. The molecule has 0 saturated heterocycles. The van der Waals surface area contributed by atoms with Crippen LogP contribution in [0.1, 0.15) is 11.1 Å². The van der Waals surface area contributed by atoms with E-state index in [0.29, 0.717) is 0 Å². The maximum Gasteiger partial charge on any atom is 0.121 e. The molecule has 0 aliphatic rings. The van der Waals surface area contributed by atoms with Crippen LogP contribution in [0.25, 0.3) is 11.1 Å². The van der Waals surface area contributed by atoms with Crippen LogP contribution in [0.4, 0.5) is 0 Å². The third-order valence-corrected chi connectivity index (χ3v) is 2.78. The summed E-state index contributed by atoms with van der Waals surface area (Å²) in [7, 11) is 1.70. The van der Waals surface area contributed by atoms with Crippen LogP contribution in [0.15, 0.2) is 42.5 Å². The molecule has 2 rings (SSSR count). The summed E-state index contributed by atoms with van der Waals surface area (Å²) in [6.45, 7) is 4.17. The maximum atomic E-state index is 5.25. The molecule has 0 unspecified atom stereocenters. The van der Waals surface area contributed by atoms with E-state index >= 15 is 0 Å². The van der Waals surface area contributed by atoms with Crippen LogP contribution in [-0.4, -0.2) is 7.11 Å². The van der Waals surface area contributed by atoms with Gasteiger partial charge in [0.05, 0.1) is 7.11 Å². The lowest BCUT2D eigenvalue weighted by atomic mass is 10.0. The lowest BCUT2D eigenvalue weighted by Gasteiger charge is -2.07. The van der Waals surface area contributed by atoms with Crippen molar-refractivity contribution in [1.82, 2.24) is 0 Å². The van der Waals surface area contributed by atoms with Crippen molar-refractivity contribution in [3.63, 3.8) is 0 Å². The summed E-state index contributed by atoms with van der Waals surface area (Å²) in [5.74, 6) is 0.941. The molecular formula is C15H16O. The molecule has 0 radical (unpaired) electrons. The molecule has 0 aliphatic carbocycles. The lowest BCUT2D eigenvalue weighted by molar-refractivity contribution is 0.412. The first kappa shape index (κ1) is 10.7. The van der Waals surface area contributed by atoms with Crippen molar-refractivity contribution in [3.8, 4) is 16.9 Å². The van der Waals surface area contributed by atoms with Crippen LogP contribution >= 0.6 is 0 Å². The normalized spacial score (nSPS) is 10.2. The zero-order chi connectivity index (χ0) is 11.5. The molecule has 0 aromatic heterocycles. The smallest absolute Gasteiger partial charge is 0.121 e. The number of rotatable bonds is 2. The third kappa shape index (κ3) is 2.08. The van der Waals surface area contributed by atoms with Gasteiger partial charge in [0.15, 0.2) is 0 Å². The van der Waals surface area contributed by atoms with Crippen molar-refractivity contribution in [2.75, 3.05) is 7.11 Å². The molecule has 2 aromatic carbocycles. The van der Waals surface area contributed by atoms with Crippen LogP contribution in [0.5, 0.6) is 5.75 Å². The van der Waals surface area contributed by atoms with Crippen molar-refractivity contribution < 1.29 is 4.74 Å². The molecule has 0 fully saturated rings. The summed E-state index contributed by atoms with van der Waals surface area (Å²) < 4.78 is 5.25. The highest BCUT2D eigenvalue weighted by Gasteiger charge is 2.01. The number of benzene rings is 2. The van der Waals surface area contributed by atoms with E-state index in [1.54, 1.807) is 7.11 Å². The molecule has 2 aromatic rings. The van der Waals surface area contributed by atoms with Crippen molar-refractivity contribution in [1.29, 1.82) is 0 Å². The summed E-state index contributed by atoms with van der Waals surface area (Å²) in [4.78, 5) is 0. The molecule has 0 atom stereocenters. The minimum absolute atomic E-state index is 0.941. The molecule has 0 amide bonds. The van der Waals surface area contributed by atoms with Crippen molar-refractivity contribution in [3.05, 3.63) is 53.6 Å². The highest BCUT2D eigenvalue weighted by Crippen LogP contribution is 2.26. The Balaban J connectivity index is 2.41. The van der Waals surface area contributed by atoms with Gasteiger partial charge in [-0.1, -0.05) is 35.9 Å². The molecule has 1 heteroatoms. The van der Waals surface area contributed by atoms with Crippen molar-refractivity contribution in [2.45, 2.75) is 13.8 Å². The number of methoxy groups -OCH3 is 1. The quantitative estimate of drug-likeness (QED) is 0.731. The molecule has 0 bridgehead atoms. The first-order valence-electron chi connectivity index (χ1n) is 5.42. The molecule has 0 heterocycles. The highest BCUT2D eigenvalue weighted by atomic mass is 16.5. The van der Waals surface area contributed by atoms with Gasteiger partial charge in [-0.3, -0.25) is 0 Å². The fourth-order valence-corrected chi connectivity index (χ4v) is 1.80. The second-order valence-corrected chi connectivity index (χ2v) is 4.05. The summed E-state index contributed by atoms with van der Waals surface area (Å²) in [6.07, 6.45) is 0. The van der Waals surface area contributed by atoms with Gasteiger partial charge < -0.3 is 4.74 Å².